The van der Waals surface area contributed by atoms with E-state index in [0.29, 0.717) is 0 Å². The summed E-state index contributed by atoms with van der Waals surface area (Å²) < 4.78 is 21.7. The summed E-state index contributed by atoms with van der Waals surface area (Å²) in [5, 5.41) is 0. The molecule has 5 nitrogen and oxygen atoms in total. The van der Waals surface area contributed by atoms with Crippen molar-refractivity contribution in [3.05, 3.63) is 23.8 Å². The summed E-state index contributed by atoms with van der Waals surface area (Å²) in [5.41, 5.74) is 1.25. The molecule has 5 heteroatoms. The molecule has 22 heavy (non-hydrogen) atoms. The number of methoxy groups -OCH3 is 2. The summed E-state index contributed by atoms with van der Waals surface area (Å²) in [6.45, 7) is 4.19. The number of rotatable bonds is 8. The largest absolute Gasteiger partial charge is 0.493 e. The van der Waals surface area contributed by atoms with Crippen LogP contribution >= 0.6 is 0 Å². The average Bonchev–Trinajstić information content (AvgIpc) is 2.58. The van der Waals surface area contributed by atoms with Gasteiger partial charge in [0.05, 0.1) is 40.1 Å². The molecule has 124 valence electrons. The van der Waals surface area contributed by atoms with Crippen LogP contribution in [0.15, 0.2) is 18.2 Å². The van der Waals surface area contributed by atoms with E-state index in [2.05, 4.69) is 18.0 Å². The Morgan fingerprint density at radius 2 is 1.95 bits per heavy atom. The average molecular weight is 309 g/mol. The third-order valence-corrected chi connectivity index (χ3v) is 3.95. The first-order chi connectivity index (χ1) is 10.7. The molecule has 1 heterocycles. The summed E-state index contributed by atoms with van der Waals surface area (Å²) in [4.78, 5) is 2.33. The number of nitrogens with zero attached hydrogens (tertiary/aromatic N) is 1. The maximum Gasteiger partial charge on any atom is 0.160 e. The zero-order valence-electron chi connectivity index (χ0n) is 13.8. The molecule has 1 aliphatic heterocycles. The van der Waals surface area contributed by atoms with Gasteiger partial charge in [0.15, 0.2) is 11.5 Å². The van der Waals surface area contributed by atoms with Crippen molar-refractivity contribution in [3.8, 4) is 11.5 Å². The summed E-state index contributed by atoms with van der Waals surface area (Å²) in [6.07, 6.45) is 2.25. The molecule has 0 N–H and O–H groups in total. The van der Waals surface area contributed by atoms with Gasteiger partial charge in [0.2, 0.25) is 0 Å². The molecule has 0 spiro atoms. The van der Waals surface area contributed by atoms with E-state index in [0.717, 1.165) is 57.3 Å². The lowest BCUT2D eigenvalue weighted by Gasteiger charge is -2.25. The molecule has 1 aromatic carbocycles. The first-order valence-electron chi connectivity index (χ1n) is 7.81. The third-order valence-electron chi connectivity index (χ3n) is 3.95. The molecule has 0 aliphatic carbocycles. The molecule has 0 amide bonds. The highest BCUT2D eigenvalue weighted by molar-refractivity contribution is 5.42. The first kappa shape index (κ1) is 17.1. The lowest BCUT2D eigenvalue weighted by molar-refractivity contribution is -0.0922. The summed E-state index contributed by atoms with van der Waals surface area (Å²) in [7, 11) is 5.47. The molecule has 1 saturated heterocycles. The fraction of sp³-hybridized carbons (Fsp3) is 0.647. The predicted molar refractivity (Wildman–Crippen MR) is 85.9 cm³/mol. The van der Waals surface area contributed by atoms with Crippen LogP contribution in [0.3, 0.4) is 0 Å². The smallest absolute Gasteiger partial charge is 0.160 e. The van der Waals surface area contributed by atoms with Crippen molar-refractivity contribution in [3.63, 3.8) is 0 Å². The van der Waals surface area contributed by atoms with Crippen LogP contribution < -0.4 is 9.47 Å². The van der Waals surface area contributed by atoms with Crippen LogP contribution in [0.25, 0.3) is 0 Å². The zero-order valence-corrected chi connectivity index (χ0v) is 13.8. The maximum atomic E-state index is 5.66. The molecule has 1 fully saturated rings. The van der Waals surface area contributed by atoms with Gasteiger partial charge in [-0.3, -0.25) is 0 Å². The van der Waals surface area contributed by atoms with Gasteiger partial charge >= 0.3 is 0 Å². The molecule has 0 aromatic heterocycles. The van der Waals surface area contributed by atoms with Crippen molar-refractivity contribution in [1.82, 2.24) is 4.90 Å². The van der Waals surface area contributed by atoms with E-state index < -0.39 is 0 Å². The molecule has 1 unspecified atom stereocenters. The Morgan fingerprint density at radius 3 is 2.64 bits per heavy atom. The van der Waals surface area contributed by atoms with E-state index in [1.54, 1.807) is 14.2 Å². The highest BCUT2D eigenvalue weighted by Crippen LogP contribution is 2.27. The Morgan fingerprint density at radius 1 is 1.14 bits per heavy atom. The molecule has 0 radical (unpaired) electrons. The number of ether oxygens (including phenoxy) is 4. The van der Waals surface area contributed by atoms with E-state index in [4.69, 9.17) is 18.9 Å². The van der Waals surface area contributed by atoms with Crippen molar-refractivity contribution in [2.45, 2.75) is 18.9 Å². The molecular formula is C17H27NO4. The second kappa shape index (κ2) is 8.98. The van der Waals surface area contributed by atoms with Crippen LogP contribution in [-0.2, 0) is 15.9 Å². The Labute approximate surface area is 133 Å². The van der Waals surface area contributed by atoms with Crippen LogP contribution in [0.2, 0.25) is 0 Å². The summed E-state index contributed by atoms with van der Waals surface area (Å²) >= 11 is 0. The van der Waals surface area contributed by atoms with Crippen LogP contribution in [0.4, 0.5) is 0 Å². The minimum Gasteiger partial charge on any atom is -0.493 e. The van der Waals surface area contributed by atoms with Gasteiger partial charge in [0.25, 0.3) is 0 Å². The van der Waals surface area contributed by atoms with E-state index in [-0.39, 0.29) is 6.10 Å². The fourth-order valence-electron chi connectivity index (χ4n) is 2.54. The van der Waals surface area contributed by atoms with E-state index in [9.17, 15) is 0 Å². The SMILES string of the molecule is COc1ccc(CCN(C)CCC2COCCO2)cc1OC. The molecule has 0 bridgehead atoms. The van der Waals surface area contributed by atoms with Crippen molar-refractivity contribution in [2.75, 3.05) is 54.2 Å². The summed E-state index contributed by atoms with van der Waals surface area (Å²) in [6, 6.07) is 6.10. The second-order valence-corrected chi connectivity index (χ2v) is 5.60. The predicted octanol–water partition coefficient (Wildman–Crippen LogP) is 1.98. The van der Waals surface area contributed by atoms with Gasteiger partial charge in [-0.15, -0.1) is 0 Å². The van der Waals surface area contributed by atoms with E-state index in [1.807, 2.05) is 12.1 Å². The maximum absolute atomic E-state index is 5.66. The van der Waals surface area contributed by atoms with Crippen LogP contribution in [0.1, 0.15) is 12.0 Å². The normalized spacial score (nSPS) is 18.5. The minimum atomic E-state index is 0.247. The highest BCUT2D eigenvalue weighted by Gasteiger charge is 2.14. The minimum absolute atomic E-state index is 0.247. The lowest BCUT2D eigenvalue weighted by atomic mass is 10.1. The number of likely N-dealkylation sites (N-methyl/N-ethyl adjacent to an activating group) is 1. The molecule has 1 aliphatic rings. The Kier molecular flexibility index (Phi) is 6.96. The molecule has 2 rings (SSSR count). The monoisotopic (exact) mass is 309 g/mol. The van der Waals surface area contributed by atoms with E-state index >= 15 is 0 Å². The molecular weight excluding hydrogens is 282 g/mol. The summed E-state index contributed by atoms with van der Waals surface area (Å²) in [5.74, 6) is 1.56. The number of hydrogen-bond donors (Lipinski definition) is 0. The standard InChI is InChI=1S/C17H27NO4/c1-18(9-7-15-13-21-10-11-22-15)8-6-14-4-5-16(19-2)17(12-14)20-3/h4-5,12,15H,6-11,13H2,1-3H3. The third kappa shape index (κ3) is 5.16. The van der Waals surface area contributed by atoms with Crippen molar-refractivity contribution >= 4 is 0 Å². The zero-order chi connectivity index (χ0) is 15.8. The van der Waals surface area contributed by atoms with Gasteiger partial charge in [-0.1, -0.05) is 6.07 Å². The van der Waals surface area contributed by atoms with Gasteiger partial charge in [-0.2, -0.15) is 0 Å². The Bertz CT molecular complexity index is 446. The molecule has 1 atom stereocenters. The topological polar surface area (TPSA) is 40.2 Å². The van der Waals surface area contributed by atoms with Gasteiger partial charge in [0, 0.05) is 13.1 Å². The van der Waals surface area contributed by atoms with Crippen LogP contribution in [-0.4, -0.2) is 65.2 Å². The second-order valence-electron chi connectivity index (χ2n) is 5.60. The number of benzene rings is 1. The quantitative estimate of drug-likeness (QED) is 0.734. The Hall–Kier alpha value is -1.30. The highest BCUT2D eigenvalue weighted by atomic mass is 16.6. The van der Waals surface area contributed by atoms with Crippen LogP contribution in [0, 0.1) is 0 Å². The van der Waals surface area contributed by atoms with Crippen molar-refractivity contribution in [1.29, 1.82) is 0 Å². The molecule has 0 saturated carbocycles. The fourth-order valence-corrected chi connectivity index (χ4v) is 2.54. The van der Waals surface area contributed by atoms with E-state index in [1.165, 1.54) is 5.56 Å². The van der Waals surface area contributed by atoms with Gasteiger partial charge in [0.1, 0.15) is 0 Å². The van der Waals surface area contributed by atoms with Gasteiger partial charge in [-0.05, 0) is 37.6 Å². The molecule has 1 aromatic rings. The lowest BCUT2D eigenvalue weighted by Crippen LogP contribution is -2.33. The van der Waals surface area contributed by atoms with Gasteiger partial charge in [-0.25, -0.2) is 0 Å². The number of hydrogen-bond acceptors (Lipinski definition) is 5. The van der Waals surface area contributed by atoms with Gasteiger partial charge < -0.3 is 23.8 Å². The van der Waals surface area contributed by atoms with Crippen molar-refractivity contribution < 1.29 is 18.9 Å². The Balaban J connectivity index is 1.74. The first-order valence-corrected chi connectivity index (χ1v) is 7.81. The van der Waals surface area contributed by atoms with Crippen molar-refractivity contribution in [2.24, 2.45) is 0 Å². The van der Waals surface area contributed by atoms with Crippen LogP contribution in [0.5, 0.6) is 11.5 Å².